The highest BCUT2D eigenvalue weighted by Crippen LogP contribution is 2.31. The minimum atomic E-state index is -0.673. The van der Waals surface area contributed by atoms with Gasteiger partial charge in [-0.15, -0.1) is 11.3 Å². The molecule has 1 N–H and O–H groups in total. The Morgan fingerprint density at radius 3 is 1.93 bits per heavy atom. The number of anilines is 1. The molecule has 1 aliphatic rings. The Balaban J connectivity index is 0.813. The van der Waals surface area contributed by atoms with Crippen LogP contribution < -0.4 is 14.4 Å². The third kappa shape index (κ3) is 17.1. The quantitative estimate of drug-likeness (QED) is 0.0302. The second-order valence-electron chi connectivity index (χ2n) is 16.0. The molecule has 1 fully saturated rings. The summed E-state index contributed by atoms with van der Waals surface area (Å²) in [6.45, 7) is 5.94. The highest BCUT2D eigenvalue weighted by Gasteiger charge is 2.18. The summed E-state index contributed by atoms with van der Waals surface area (Å²) in [6.07, 6.45) is 24.7. The number of aliphatic carboxylic acids is 1. The summed E-state index contributed by atoms with van der Waals surface area (Å²) in [5.41, 5.74) is 2.16. The van der Waals surface area contributed by atoms with Gasteiger partial charge in [0.25, 0.3) is 0 Å². The first kappa shape index (κ1) is 45.2. The number of hydrogen-bond donors (Lipinski definition) is 1. The fraction of sp³-hybridized carbons (Fsp3) is 0.604. The van der Waals surface area contributed by atoms with Gasteiger partial charge in [0.05, 0.1) is 12.1 Å². The maximum absolute atomic E-state index is 12.3. The molecule has 0 spiro atoms. The van der Waals surface area contributed by atoms with Crippen molar-refractivity contribution in [3.8, 4) is 11.6 Å². The Bertz CT molecular complexity index is 1760. The average molecular weight is 816 g/mol. The molecule has 0 bridgehead atoms. The largest absolute Gasteiger partial charge is 0.494 e. The number of hydrogen-bond acceptors (Lipinski definition) is 9. The van der Waals surface area contributed by atoms with Gasteiger partial charge in [-0.1, -0.05) is 109 Å². The predicted molar refractivity (Wildman–Crippen MR) is 239 cm³/mol. The number of carbonyl (C=O) groups is 2. The van der Waals surface area contributed by atoms with Gasteiger partial charge >= 0.3 is 11.9 Å². The second kappa shape index (κ2) is 27.0. The average Bonchev–Trinajstić information content (AvgIpc) is 3.72. The molecule has 2 aromatic carbocycles. The molecule has 2 aromatic heterocycles. The number of esters is 1. The number of benzene rings is 2. The molecule has 3 heterocycles. The van der Waals surface area contributed by atoms with E-state index in [2.05, 4.69) is 44.4 Å². The molecule has 1 saturated heterocycles. The van der Waals surface area contributed by atoms with Crippen LogP contribution >= 0.6 is 11.3 Å². The number of aromatic nitrogens is 1. The van der Waals surface area contributed by atoms with Crippen LogP contribution in [0.1, 0.15) is 141 Å². The van der Waals surface area contributed by atoms with E-state index >= 15 is 0 Å². The lowest BCUT2D eigenvalue weighted by Gasteiger charge is -2.36. The van der Waals surface area contributed by atoms with Crippen LogP contribution in [0.25, 0.3) is 21.0 Å². The highest BCUT2D eigenvalue weighted by atomic mass is 32.1. The first-order chi connectivity index (χ1) is 28.5. The predicted octanol–water partition coefficient (Wildman–Crippen LogP) is 12.2. The van der Waals surface area contributed by atoms with Gasteiger partial charge in [-0.05, 0) is 74.0 Å². The number of carboxylic acids is 1. The highest BCUT2D eigenvalue weighted by molar-refractivity contribution is 7.17. The van der Waals surface area contributed by atoms with Gasteiger partial charge in [-0.25, -0.2) is 4.98 Å². The van der Waals surface area contributed by atoms with E-state index in [1.807, 2.05) is 35.6 Å². The van der Waals surface area contributed by atoms with Crippen molar-refractivity contribution in [1.82, 2.24) is 9.88 Å². The lowest BCUT2D eigenvalue weighted by Crippen LogP contribution is -2.46. The second-order valence-corrected chi connectivity index (χ2v) is 17.0. The Morgan fingerprint density at radius 2 is 1.28 bits per heavy atom. The first-order valence-electron chi connectivity index (χ1n) is 22.5. The van der Waals surface area contributed by atoms with Gasteiger partial charge in [0, 0.05) is 72.3 Å². The summed E-state index contributed by atoms with van der Waals surface area (Å²) in [7, 11) is 0. The SMILES string of the molecule is O=C(O)CCCCCCCCCCCCCCCCCCCCC(=O)OCOc1ccc2ccc(OCCCCN3CCN(c4cccc5sccc45)CC3)cc2n1. The summed E-state index contributed by atoms with van der Waals surface area (Å²) >= 11 is 1.81. The molecule has 58 heavy (non-hydrogen) atoms. The summed E-state index contributed by atoms with van der Waals surface area (Å²) in [6, 6.07) is 18.6. The maximum atomic E-state index is 12.3. The number of piperazine rings is 1. The standard InChI is InChI=1S/C48H69N3O6S/c52-47(53)24-17-15-13-11-9-7-5-3-1-2-4-6-8-10-12-14-16-18-25-48(54)57-39-56-46-29-27-40-26-28-41(38-43(40)49-46)55-36-20-19-31-50-32-34-51(35-33-50)44-22-21-23-45-42(44)30-37-58-45/h21-23,26-30,37-38H,1-20,24-25,31-36,39H2,(H,52,53). The van der Waals surface area contributed by atoms with Crippen molar-refractivity contribution in [2.45, 2.75) is 141 Å². The third-order valence-electron chi connectivity index (χ3n) is 11.4. The molecule has 0 atom stereocenters. The Hall–Kier alpha value is -3.89. The van der Waals surface area contributed by atoms with Gasteiger partial charge in [0.1, 0.15) is 5.75 Å². The van der Waals surface area contributed by atoms with Crippen molar-refractivity contribution < 1.29 is 28.9 Å². The van der Waals surface area contributed by atoms with Crippen LogP contribution in [0.5, 0.6) is 11.6 Å². The minimum Gasteiger partial charge on any atom is -0.494 e. The van der Waals surface area contributed by atoms with Crippen molar-refractivity contribution in [1.29, 1.82) is 0 Å². The van der Waals surface area contributed by atoms with E-state index < -0.39 is 5.97 Å². The van der Waals surface area contributed by atoms with Gasteiger partial charge in [-0.3, -0.25) is 14.5 Å². The van der Waals surface area contributed by atoms with Crippen molar-refractivity contribution >= 4 is 50.0 Å². The molecule has 0 saturated carbocycles. The van der Waals surface area contributed by atoms with E-state index in [0.717, 1.165) is 87.9 Å². The zero-order valence-electron chi connectivity index (χ0n) is 35.0. The molecule has 9 nitrogen and oxygen atoms in total. The van der Waals surface area contributed by atoms with Crippen molar-refractivity contribution in [3.05, 3.63) is 60.0 Å². The van der Waals surface area contributed by atoms with Crippen molar-refractivity contribution in [2.75, 3.05) is 51.0 Å². The molecule has 0 amide bonds. The van der Waals surface area contributed by atoms with Crippen LogP contribution in [0.2, 0.25) is 0 Å². The number of carbonyl (C=O) groups excluding carboxylic acids is 1. The molecule has 0 unspecified atom stereocenters. The number of pyridine rings is 1. The number of unbranched alkanes of at least 4 members (excludes halogenated alkanes) is 18. The van der Waals surface area contributed by atoms with E-state index in [-0.39, 0.29) is 12.8 Å². The number of thiophene rings is 1. The van der Waals surface area contributed by atoms with Crippen LogP contribution in [0.3, 0.4) is 0 Å². The number of carboxylic acid groups (broad SMARTS) is 1. The number of fused-ring (bicyclic) bond motifs is 2. The smallest absolute Gasteiger partial charge is 0.308 e. The topological polar surface area (TPSA) is 101 Å². The number of nitrogens with zero attached hydrogens (tertiary/aromatic N) is 3. The lowest BCUT2D eigenvalue weighted by atomic mass is 10.0. The minimum absolute atomic E-state index is 0.134. The van der Waals surface area contributed by atoms with Crippen LogP contribution in [0.15, 0.2) is 60.0 Å². The third-order valence-corrected chi connectivity index (χ3v) is 12.3. The first-order valence-corrected chi connectivity index (χ1v) is 23.4. The molecular formula is C48H69N3O6S. The molecule has 318 valence electrons. The molecular weight excluding hydrogens is 747 g/mol. The zero-order valence-corrected chi connectivity index (χ0v) is 35.8. The fourth-order valence-electron chi connectivity index (χ4n) is 7.94. The molecule has 0 aliphatic carbocycles. The molecule has 10 heteroatoms. The molecule has 1 aliphatic heterocycles. The zero-order chi connectivity index (χ0) is 40.5. The van der Waals surface area contributed by atoms with Crippen molar-refractivity contribution in [3.63, 3.8) is 0 Å². The Morgan fingerprint density at radius 1 is 0.655 bits per heavy atom. The van der Waals surface area contributed by atoms with Crippen molar-refractivity contribution in [2.24, 2.45) is 0 Å². The van der Waals surface area contributed by atoms with Crippen LogP contribution in [0.4, 0.5) is 5.69 Å². The van der Waals surface area contributed by atoms with Gasteiger partial charge in [0.2, 0.25) is 12.7 Å². The summed E-state index contributed by atoms with van der Waals surface area (Å²) in [5, 5.41) is 13.2. The van der Waals surface area contributed by atoms with Gasteiger partial charge in [-0.2, -0.15) is 0 Å². The summed E-state index contributed by atoms with van der Waals surface area (Å²) in [5.74, 6) is 0.334. The fourth-order valence-corrected chi connectivity index (χ4v) is 8.75. The van der Waals surface area contributed by atoms with Gasteiger partial charge < -0.3 is 24.2 Å². The van der Waals surface area contributed by atoms with E-state index in [0.29, 0.717) is 25.3 Å². The van der Waals surface area contributed by atoms with Gasteiger partial charge in [0.15, 0.2) is 0 Å². The molecule has 0 radical (unpaired) electrons. The number of ether oxygens (including phenoxy) is 3. The monoisotopic (exact) mass is 815 g/mol. The normalized spacial score (nSPS) is 13.3. The van der Waals surface area contributed by atoms with E-state index in [1.54, 1.807) is 6.07 Å². The Labute approximate surface area is 351 Å². The van der Waals surface area contributed by atoms with E-state index in [4.69, 9.17) is 19.3 Å². The Kier molecular flexibility index (Phi) is 21.0. The van der Waals surface area contributed by atoms with Crippen LogP contribution in [-0.2, 0) is 14.3 Å². The summed E-state index contributed by atoms with van der Waals surface area (Å²) < 4.78 is 18.5. The number of rotatable bonds is 31. The van der Waals surface area contributed by atoms with Crippen LogP contribution in [-0.4, -0.2) is 73.1 Å². The van der Waals surface area contributed by atoms with E-state index in [1.165, 1.54) is 106 Å². The maximum Gasteiger partial charge on any atom is 0.308 e. The van der Waals surface area contributed by atoms with Crippen LogP contribution in [0, 0.1) is 0 Å². The van der Waals surface area contributed by atoms with E-state index in [9.17, 15) is 9.59 Å². The molecule has 4 aromatic rings. The molecule has 5 rings (SSSR count). The summed E-state index contributed by atoms with van der Waals surface area (Å²) in [4.78, 5) is 32.5. The lowest BCUT2D eigenvalue weighted by molar-refractivity contribution is -0.150.